The summed E-state index contributed by atoms with van der Waals surface area (Å²) in [5.74, 6) is 1.61. The lowest BCUT2D eigenvalue weighted by Gasteiger charge is -2.15. The third-order valence-corrected chi connectivity index (χ3v) is 4.40. The number of fused-ring (bicyclic) bond motifs is 2. The zero-order valence-electron chi connectivity index (χ0n) is 12.2. The second-order valence-corrected chi connectivity index (χ2v) is 5.84. The highest BCUT2D eigenvalue weighted by atomic mass is 35.5. The lowest BCUT2D eigenvalue weighted by atomic mass is 10.0. The van der Waals surface area contributed by atoms with Gasteiger partial charge in [0.15, 0.2) is 11.3 Å². The molecular formula is C15H19Cl2N3O2. The van der Waals surface area contributed by atoms with Crippen molar-refractivity contribution < 1.29 is 9.21 Å². The van der Waals surface area contributed by atoms with Gasteiger partial charge in [0.2, 0.25) is 0 Å². The number of nitrogens with zero attached hydrogens (tertiary/aromatic N) is 2. The van der Waals surface area contributed by atoms with E-state index in [1.165, 1.54) is 0 Å². The van der Waals surface area contributed by atoms with E-state index < -0.39 is 0 Å². The van der Waals surface area contributed by atoms with Gasteiger partial charge < -0.3 is 14.6 Å². The molecule has 2 fully saturated rings. The minimum Gasteiger partial charge on any atom is -0.449 e. The molecule has 2 aliphatic rings. The molecule has 2 aromatic rings. The van der Waals surface area contributed by atoms with Gasteiger partial charge in [0.25, 0.3) is 5.91 Å². The summed E-state index contributed by atoms with van der Waals surface area (Å²) in [5.41, 5.74) is 2.37. The molecule has 0 aliphatic carbocycles. The number of likely N-dealkylation sites (tertiary alicyclic amines) is 1. The van der Waals surface area contributed by atoms with E-state index in [1.54, 1.807) is 6.07 Å². The van der Waals surface area contributed by atoms with Gasteiger partial charge in [-0.2, -0.15) is 0 Å². The Hall–Kier alpha value is -1.30. The van der Waals surface area contributed by atoms with E-state index >= 15 is 0 Å². The lowest BCUT2D eigenvalue weighted by molar-refractivity contribution is 0.0752. The van der Waals surface area contributed by atoms with Crippen molar-refractivity contribution in [3.63, 3.8) is 0 Å². The molecule has 1 amide bonds. The third kappa shape index (κ3) is 2.81. The van der Waals surface area contributed by atoms with Crippen molar-refractivity contribution in [2.75, 3.05) is 26.2 Å². The molecule has 0 bridgehead atoms. The van der Waals surface area contributed by atoms with Gasteiger partial charge in [0, 0.05) is 37.9 Å². The highest BCUT2D eigenvalue weighted by molar-refractivity contribution is 5.95. The molecule has 1 N–H and O–H groups in total. The van der Waals surface area contributed by atoms with Gasteiger partial charge in [-0.05, 0) is 30.9 Å². The fourth-order valence-corrected chi connectivity index (χ4v) is 3.31. The molecule has 0 unspecified atom stereocenters. The molecule has 0 aromatic carbocycles. The molecule has 5 nitrogen and oxygen atoms in total. The van der Waals surface area contributed by atoms with E-state index in [2.05, 4.69) is 10.3 Å². The molecule has 120 valence electrons. The van der Waals surface area contributed by atoms with Crippen molar-refractivity contribution in [3.05, 3.63) is 29.7 Å². The molecule has 4 heterocycles. The van der Waals surface area contributed by atoms with Crippen LogP contribution in [-0.2, 0) is 0 Å². The number of carbonyl (C=O) groups is 1. The third-order valence-electron chi connectivity index (χ3n) is 4.40. The molecule has 4 rings (SSSR count). The number of nitrogens with one attached hydrogen (secondary N) is 1. The summed E-state index contributed by atoms with van der Waals surface area (Å²) in [6.07, 6.45) is 0. The zero-order chi connectivity index (χ0) is 13.7. The summed E-state index contributed by atoms with van der Waals surface area (Å²) in [5, 5.41) is 3.38. The molecule has 2 aliphatic heterocycles. The minimum atomic E-state index is -0.00458. The average molecular weight is 344 g/mol. The van der Waals surface area contributed by atoms with Crippen molar-refractivity contribution in [2.45, 2.75) is 6.92 Å². The lowest BCUT2D eigenvalue weighted by Crippen LogP contribution is -2.31. The van der Waals surface area contributed by atoms with Crippen molar-refractivity contribution in [3.8, 4) is 0 Å². The number of carbonyl (C=O) groups excluding carboxylic acids is 1. The van der Waals surface area contributed by atoms with Gasteiger partial charge in [0.05, 0.1) is 0 Å². The van der Waals surface area contributed by atoms with E-state index in [9.17, 15) is 4.79 Å². The predicted molar refractivity (Wildman–Crippen MR) is 89.0 cm³/mol. The topological polar surface area (TPSA) is 58.4 Å². The van der Waals surface area contributed by atoms with Gasteiger partial charge in [-0.1, -0.05) is 0 Å². The standard InChI is InChI=1S/C15H17N3O2.2ClH/c1-9-2-3-13-12(17-9)4-14(20-13)15(19)18-7-10-5-16-6-11(10)8-18;;/h2-4,10-11,16H,5-8H2,1H3;2*1H/t10-,11+;;. The van der Waals surface area contributed by atoms with Crippen LogP contribution in [0, 0.1) is 18.8 Å². The van der Waals surface area contributed by atoms with E-state index in [0.29, 0.717) is 23.2 Å². The van der Waals surface area contributed by atoms with Crippen LogP contribution < -0.4 is 5.32 Å². The van der Waals surface area contributed by atoms with Crippen LogP contribution in [-0.4, -0.2) is 42.0 Å². The normalized spacial score (nSPS) is 23.0. The highest BCUT2D eigenvalue weighted by Crippen LogP contribution is 2.28. The number of hydrogen-bond donors (Lipinski definition) is 1. The van der Waals surface area contributed by atoms with E-state index in [0.717, 1.165) is 37.4 Å². The van der Waals surface area contributed by atoms with Crippen LogP contribution >= 0.6 is 24.8 Å². The summed E-state index contributed by atoms with van der Waals surface area (Å²) >= 11 is 0. The van der Waals surface area contributed by atoms with Gasteiger partial charge in [0.1, 0.15) is 5.52 Å². The van der Waals surface area contributed by atoms with Crippen molar-refractivity contribution in [2.24, 2.45) is 11.8 Å². The van der Waals surface area contributed by atoms with Crippen molar-refractivity contribution in [1.82, 2.24) is 15.2 Å². The molecule has 7 heteroatoms. The van der Waals surface area contributed by atoms with Gasteiger partial charge in [-0.15, -0.1) is 24.8 Å². The SMILES string of the molecule is Cc1ccc2oc(C(=O)N3C[C@H]4CNC[C@H]4C3)cc2n1.Cl.Cl. The number of pyridine rings is 1. The summed E-state index contributed by atoms with van der Waals surface area (Å²) in [6, 6.07) is 5.53. The number of aromatic nitrogens is 1. The molecule has 22 heavy (non-hydrogen) atoms. The first-order chi connectivity index (χ1) is 9.70. The summed E-state index contributed by atoms with van der Waals surface area (Å²) in [4.78, 5) is 18.8. The van der Waals surface area contributed by atoms with Crippen molar-refractivity contribution in [1.29, 1.82) is 0 Å². The largest absolute Gasteiger partial charge is 0.449 e. The minimum absolute atomic E-state index is 0. The number of rotatable bonds is 1. The van der Waals surface area contributed by atoms with Crippen LogP contribution in [0.1, 0.15) is 16.2 Å². The Morgan fingerprint density at radius 1 is 1.27 bits per heavy atom. The van der Waals surface area contributed by atoms with Crippen molar-refractivity contribution >= 4 is 41.8 Å². The molecule has 0 radical (unpaired) electrons. The maximum absolute atomic E-state index is 12.5. The quantitative estimate of drug-likeness (QED) is 0.862. The Bertz CT molecular complexity index is 676. The number of amides is 1. The first-order valence-electron chi connectivity index (χ1n) is 7.08. The van der Waals surface area contributed by atoms with Crippen LogP contribution in [0.2, 0.25) is 0 Å². The van der Waals surface area contributed by atoms with Gasteiger partial charge in [-0.25, -0.2) is 4.98 Å². The Balaban J connectivity index is 0.000000882. The molecule has 0 saturated carbocycles. The smallest absolute Gasteiger partial charge is 0.289 e. The Morgan fingerprint density at radius 3 is 2.64 bits per heavy atom. The first-order valence-corrected chi connectivity index (χ1v) is 7.08. The van der Waals surface area contributed by atoms with Gasteiger partial charge >= 0.3 is 0 Å². The van der Waals surface area contributed by atoms with Crippen LogP contribution in [0.3, 0.4) is 0 Å². The Morgan fingerprint density at radius 2 is 1.95 bits per heavy atom. The Labute approximate surface area is 141 Å². The summed E-state index contributed by atoms with van der Waals surface area (Å²) in [7, 11) is 0. The molecule has 2 atom stereocenters. The maximum Gasteiger partial charge on any atom is 0.289 e. The zero-order valence-corrected chi connectivity index (χ0v) is 13.9. The predicted octanol–water partition coefficient (Wildman–Crippen LogP) is 2.27. The second-order valence-electron chi connectivity index (χ2n) is 5.84. The molecular weight excluding hydrogens is 325 g/mol. The van der Waals surface area contributed by atoms with Crippen LogP contribution in [0.4, 0.5) is 0 Å². The van der Waals surface area contributed by atoms with Gasteiger partial charge in [-0.3, -0.25) is 4.79 Å². The maximum atomic E-state index is 12.5. The van der Waals surface area contributed by atoms with E-state index in [1.807, 2.05) is 24.0 Å². The number of furan rings is 1. The highest BCUT2D eigenvalue weighted by Gasteiger charge is 2.39. The average Bonchev–Trinajstić information content (AvgIpc) is 3.10. The first kappa shape index (κ1) is 17.1. The van der Waals surface area contributed by atoms with Crippen LogP contribution in [0.15, 0.2) is 22.6 Å². The number of halogens is 2. The Kier molecular flexibility index (Phi) is 5.00. The molecule has 2 aromatic heterocycles. The number of aryl methyl sites for hydroxylation is 1. The summed E-state index contributed by atoms with van der Waals surface area (Å²) in [6.45, 7) is 5.65. The fraction of sp³-hybridized carbons (Fsp3) is 0.467. The summed E-state index contributed by atoms with van der Waals surface area (Å²) < 4.78 is 5.65. The van der Waals surface area contributed by atoms with E-state index in [-0.39, 0.29) is 30.7 Å². The van der Waals surface area contributed by atoms with Crippen LogP contribution in [0.5, 0.6) is 0 Å². The molecule has 0 spiro atoms. The monoisotopic (exact) mass is 343 g/mol. The second kappa shape index (κ2) is 6.44. The van der Waals surface area contributed by atoms with Crippen LogP contribution in [0.25, 0.3) is 11.1 Å². The van der Waals surface area contributed by atoms with E-state index in [4.69, 9.17) is 4.42 Å². The molecule has 2 saturated heterocycles. The fourth-order valence-electron chi connectivity index (χ4n) is 3.31. The number of hydrogen-bond acceptors (Lipinski definition) is 4.